The van der Waals surface area contributed by atoms with Crippen LogP contribution >= 0.6 is 0 Å². The molecule has 106 valence electrons. The van der Waals surface area contributed by atoms with Crippen molar-refractivity contribution in [3.05, 3.63) is 60.2 Å². The summed E-state index contributed by atoms with van der Waals surface area (Å²) in [5.74, 6) is 1.76. The van der Waals surface area contributed by atoms with Gasteiger partial charge in [-0.1, -0.05) is 30.3 Å². The highest BCUT2D eigenvalue weighted by atomic mass is 16.5. The van der Waals surface area contributed by atoms with Gasteiger partial charge in [0.05, 0.1) is 14.2 Å². The normalized spacial score (nSPS) is 10.6. The number of rotatable bonds is 3. The molecule has 0 saturated heterocycles. The van der Waals surface area contributed by atoms with Crippen LogP contribution in [0.5, 0.6) is 11.5 Å². The van der Waals surface area contributed by atoms with E-state index in [4.69, 9.17) is 9.47 Å². The molecule has 2 nitrogen and oxygen atoms in total. The topological polar surface area (TPSA) is 18.5 Å². The second-order valence-corrected chi connectivity index (χ2v) is 5.13. The standard InChI is InChI=1S/C19H18O2/c1-13-10-15-12-17(21-3)8-9-18(15)19(11-13)14-4-6-16(20-2)7-5-14/h4-12H,1-3H3. The lowest BCUT2D eigenvalue weighted by atomic mass is 9.96. The van der Waals surface area contributed by atoms with E-state index in [1.165, 1.54) is 27.5 Å². The van der Waals surface area contributed by atoms with Crippen LogP contribution in [0.15, 0.2) is 54.6 Å². The molecule has 2 heteroatoms. The Kier molecular flexibility index (Phi) is 3.53. The molecular formula is C19H18O2. The van der Waals surface area contributed by atoms with Crippen molar-refractivity contribution in [1.82, 2.24) is 0 Å². The van der Waals surface area contributed by atoms with Crippen molar-refractivity contribution in [2.45, 2.75) is 6.92 Å². The van der Waals surface area contributed by atoms with Crippen LogP contribution in [0.1, 0.15) is 5.56 Å². The summed E-state index contributed by atoms with van der Waals surface area (Å²) in [6, 6.07) is 18.8. The Morgan fingerprint density at radius 3 is 2.05 bits per heavy atom. The molecule has 0 saturated carbocycles. The third-order valence-corrected chi connectivity index (χ3v) is 3.71. The zero-order valence-corrected chi connectivity index (χ0v) is 12.5. The second-order valence-electron chi connectivity index (χ2n) is 5.13. The monoisotopic (exact) mass is 278 g/mol. The Labute approximate surface area is 124 Å². The summed E-state index contributed by atoms with van der Waals surface area (Å²) in [7, 11) is 3.38. The van der Waals surface area contributed by atoms with E-state index >= 15 is 0 Å². The predicted octanol–water partition coefficient (Wildman–Crippen LogP) is 4.83. The molecular weight excluding hydrogens is 260 g/mol. The van der Waals surface area contributed by atoms with Gasteiger partial charge in [0, 0.05) is 0 Å². The molecule has 0 heterocycles. The fourth-order valence-electron chi connectivity index (χ4n) is 2.63. The molecule has 0 bridgehead atoms. The van der Waals surface area contributed by atoms with Gasteiger partial charge in [0.1, 0.15) is 11.5 Å². The summed E-state index contributed by atoms with van der Waals surface area (Å²) in [6.07, 6.45) is 0. The van der Waals surface area contributed by atoms with Gasteiger partial charge in [-0.25, -0.2) is 0 Å². The molecule has 0 aliphatic heterocycles. The number of benzene rings is 3. The maximum absolute atomic E-state index is 5.32. The molecule has 0 unspecified atom stereocenters. The van der Waals surface area contributed by atoms with Crippen molar-refractivity contribution in [3.8, 4) is 22.6 Å². The van der Waals surface area contributed by atoms with Crippen molar-refractivity contribution in [2.24, 2.45) is 0 Å². The summed E-state index contributed by atoms with van der Waals surface area (Å²) in [6.45, 7) is 2.12. The highest BCUT2D eigenvalue weighted by molar-refractivity contribution is 5.98. The number of hydrogen-bond donors (Lipinski definition) is 0. The van der Waals surface area contributed by atoms with Gasteiger partial charge in [-0.05, 0) is 58.7 Å². The van der Waals surface area contributed by atoms with Crippen LogP contribution in [0.3, 0.4) is 0 Å². The van der Waals surface area contributed by atoms with Gasteiger partial charge in [0.2, 0.25) is 0 Å². The average molecular weight is 278 g/mol. The van der Waals surface area contributed by atoms with Gasteiger partial charge < -0.3 is 9.47 Å². The molecule has 3 rings (SSSR count). The van der Waals surface area contributed by atoms with E-state index in [2.05, 4.69) is 43.3 Å². The quantitative estimate of drug-likeness (QED) is 0.683. The zero-order valence-electron chi connectivity index (χ0n) is 12.5. The molecule has 3 aromatic carbocycles. The van der Waals surface area contributed by atoms with Gasteiger partial charge in [-0.3, -0.25) is 0 Å². The number of methoxy groups -OCH3 is 2. The molecule has 0 spiro atoms. The molecule has 0 aliphatic rings. The summed E-state index contributed by atoms with van der Waals surface area (Å²) in [5.41, 5.74) is 3.66. The fourth-order valence-corrected chi connectivity index (χ4v) is 2.63. The zero-order chi connectivity index (χ0) is 14.8. The van der Waals surface area contributed by atoms with Gasteiger partial charge >= 0.3 is 0 Å². The van der Waals surface area contributed by atoms with E-state index in [1.807, 2.05) is 18.2 Å². The van der Waals surface area contributed by atoms with Gasteiger partial charge in [0.25, 0.3) is 0 Å². The highest BCUT2D eigenvalue weighted by Crippen LogP contribution is 2.33. The first-order valence-corrected chi connectivity index (χ1v) is 6.94. The molecule has 3 aromatic rings. The van der Waals surface area contributed by atoms with Crippen LogP contribution in [0.25, 0.3) is 21.9 Å². The van der Waals surface area contributed by atoms with Crippen molar-refractivity contribution in [3.63, 3.8) is 0 Å². The molecule has 21 heavy (non-hydrogen) atoms. The third-order valence-electron chi connectivity index (χ3n) is 3.71. The number of fused-ring (bicyclic) bond motifs is 1. The van der Waals surface area contributed by atoms with Crippen molar-refractivity contribution >= 4 is 10.8 Å². The number of hydrogen-bond acceptors (Lipinski definition) is 2. The molecule has 0 atom stereocenters. The minimum atomic E-state index is 0.873. The van der Waals surface area contributed by atoms with Crippen LogP contribution in [0, 0.1) is 6.92 Å². The van der Waals surface area contributed by atoms with Crippen LogP contribution in [0.2, 0.25) is 0 Å². The number of aryl methyl sites for hydroxylation is 1. The summed E-state index contributed by atoms with van der Waals surface area (Å²) in [5, 5.41) is 2.42. The number of ether oxygens (including phenoxy) is 2. The van der Waals surface area contributed by atoms with Crippen molar-refractivity contribution in [2.75, 3.05) is 14.2 Å². The van der Waals surface area contributed by atoms with E-state index in [9.17, 15) is 0 Å². The molecule has 0 aromatic heterocycles. The Balaban J connectivity index is 2.20. The van der Waals surface area contributed by atoms with E-state index in [1.54, 1.807) is 14.2 Å². The second kappa shape index (κ2) is 5.49. The molecule has 0 fully saturated rings. The lowest BCUT2D eigenvalue weighted by Gasteiger charge is -2.11. The lowest BCUT2D eigenvalue weighted by Crippen LogP contribution is -1.87. The Hall–Kier alpha value is -2.48. The molecule has 0 aliphatic carbocycles. The van der Waals surface area contributed by atoms with E-state index in [0.29, 0.717) is 0 Å². The SMILES string of the molecule is COc1ccc(-c2cc(C)cc3cc(OC)ccc23)cc1. The first-order valence-electron chi connectivity index (χ1n) is 6.94. The van der Waals surface area contributed by atoms with Gasteiger partial charge in [-0.15, -0.1) is 0 Å². The summed E-state index contributed by atoms with van der Waals surface area (Å²) >= 11 is 0. The van der Waals surface area contributed by atoms with Crippen molar-refractivity contribution < 1.29 is 9.47 Å². The van der Waals surface area contributed by atoms with Crippen LogP contribution < -0.4 is 9.47 Å². The van der Waals surface area contributed by atoms with E-state index < -0.39 is 0 Å². The van der Waals surface area contributed by atoms with Gasteiger partial charge in [-0.2, -0.15) is 0 Å². The highest BCUT2D eigenvalue weighted by Gasteiger charge is 2.06. The minimum Gasteiger partial charge on any atom is -0.497 e. The Morgan fingerprint density at radius 2 is 1.38 bits per heavy atom. The van der Waals surface area contributed by atoms with E-state index in [0.717, 1.165) is 11.5 Å². The van der Waals surface area contributed by atoms with Crippen molar-refractivity contribution in [1.29, 1.82) is 0 Å². The summed E-state index contributed by atoms with van der Waals surface area (Å²) in [4.78, 5) is 0. The minimum absolute atomic E-state index is 0.873. The first-order chi connectivity index (χ1) is 10.2. The Bertz CT molecular complexity index is 773. The predicted molar refractivity (Wildman–Crippen MR) is 87.2 cm³/mol. The van der Waals surface area contributed by atoms with Crippen LogP contribution in [-0.4, -0.2) is 14.2 Å². The largest absolute Gasteiger partial charge is 0.497 e. The van der Waals surface area contributed by atoms with E-state index in [-0.39, 0.29) is 0 Å². The Morgan fingerprint density at radius 1 is 0.714 bits per heavy atom. The maximum Gasteiger partial charge on any atom is 0.119 e. The fraction of sp³-hybridized carbons (Fsp3) is 0.158. The molecule has 0 radical (unpaired) electrons. The summed E-state index contributed by atoms with van der Waals surface area (Å²) < 4.78 is 10.6. The average Bonchev–Trinajstić information content (AvgIpc) is 2.53. The smallest absolute Gasteiger partial charge is 0.119 e. The van der Waals surface area contributed by atoms with Gasteiger partial charge in [0.15, 0.2) is 0 Å². The van der Waals surface area contributed by atoms with Crippen LogP contribution in [0.4, 0.5) is 0 Å². The molecule has 0 N–H and O–H groups in total. The lowest BCUT2D eigenvalue weighted by molar-refractivity contribution is 0.415. The third kappa shape index (κ3) is 2.57. The molecule has 0 amide bonds. The van der Waals surface area contributed by atoms with Crippen LogP contribution in [-0.2, 0) is 0 Å². The maximum atomic E-state index is 5.32. The first kappa shape index (κ1) is 13.5.